The summed E-state index contributed by atoms with van der Waals surface area (Å²) >= 11 is 0. The third-order valence-electron chi connectivity index (χ3n) is 4.39. The average Bonchev–Trinajstić information content (AvgIpc) is 2.49. The molecule has 0 fully saturated rings. The molecule has 3 nitrogen and oxygen atoms in total. The molecule has 24 heavy (non-hydrogen) atoms. The van der Waals surface area contributed by atoms with E-state index in [2.05, 4.69) is 32.7 Å². The molecule has 0 saturated heterocycles. The lowest BCUT2D eigenvalue weighted by atomic mass is 9.96. The average molecular weight is 325 g/mol. The lowest BCUT2D eigenvalue weighted by Gasteiger charge is -2.14. The molecule has 2 aromatic rings. The minimum Gasteiger partial charge on any atom is -0.508 e. The second-order valence-electron chi connectivity index (χ2n) is 7.00. The van der Waals surface area contributed by atoms with Crippen molar-refractivity contribution in [2.75, 3.05) is 0 Å². The smallest absolute Gasteiger partial charge is 0.128 e. The first kappa shape index (κ1) is 18.1. The summed E-state index contributed by atoms with van der Waals surface area (Å²) in [4.78, 5) is 4.63. The van der Waals surface area contributed by atoms with Crippen LogP contribution >= 0.6 is 0 Å². The zero-order valence-electron chi connectivity index (χ0n) is 15.4. The van der Waals surface area contributed by atoms with Gasteiger partial charge in [0.15, 0.2) is 0 Å². The van der Waals surface area contributed by atoms with Gasteiger partial charge in [0.25, 0.3) is 0 Å². The first-order valence-electron chi connectivity index (χ1n) is 8.42. The maximum Gasteiger partial charge on any atom is 0.128 e. The van der Waals surface area contributed by atoms with Gasteiger partial charge >= 0.3 is 0 Å². The van der Waals surface area contributed by atoms with Gasteiger partial charge in [0.05, 0.1) is 5.69 Å². The fourth-order valence-corrected chi connectivity index (χ4v) is 2.76. The van der Waals surface area contributed by atoms with E-state index in [4.69, 9.17) is 0 Å². The Bertz CT molecular complexity index is 774. The number of aliphatic imine (C=N–C) groups is 1. The van der Waals surface area contributed by atoms with Gasteiger partial charge in [-0.1, -0.05) is 39.8 Å². The van der Waals surface area contributed by atoms with E-state index in [0.717, 1.165) is 33.5 Å². The van der Waals surface area contributed by atoms with Gasteiger partial charge in [-0.25, -0.2) is 0 Å². The number of rotatable bonds is 4. The number of hydrogen-bond donors (Lipinski definition) is 2. The minimum atomic E-state index is 0.250. The topological polar surface area (TPSA) is 52.8 Å². The Morgan fingerprint density at radius 2 is 1.50 bits per heavy atom. The molecule has 0 heterocycles. The molecule has 0 amide bonds. The number of aromatic hydroxyl groups is 2. The molecule has 0 saturated carbocycles. The Balaban J connectivity index is 2.53. The minimum absolute atomic E-state index is 0.250. The van der Waals surface area contributed by atoms with Crippen molar-refractivity contribution in [3.63, 3.8) is 0 Å². The number of aryl methyl sites for hydroxylation is 2. The summed E-state index contributed by atoms with van der Waals surface area (Å²) in [6.07, 6.45) is 1.73. The largest absolute Gasteiger partial charge is 0.508 e. The summed E-state index contributed by atoms with van der Waals surface area (Å²) in [6, 6.07) is 7.66. The number of benzene rings is 2. The molecular weight excluding hydrogens is 298 g/mol. The summed E-state index contributed by atoms with van der Waals surface area (Å²) in [6.45, 7) is 12.1. The third-order valence-corrected chi connectivity index (χ3v) is 4.39. The van der Waals surface area contributed by atoms with Crippen molar-refractivity contribution in [3.05, 3.63) is 52.1 Å². The fraction of sp³-hybridized carbons (Fsp3) is 0.381. The van der Waals surface area contributed by atoms with Crippen LogP contribution in [0.5, 0.6) is 11.5 Å². The summed E-state index contributed by atoms with van der Waals surface area (Å²) in [5.41, 5.74) is 5.28. The van der Waals surface area contributed by atoms with Crippen molar-refractivity contribution >= 4 is 11.9 Å². The first-order valence-corrected chi connectivity index (χ1v) is 8.42. The van der Waals surface area contributed by atoms with Gasteiger partial charge in [-0.15, -0.1) is 0 Å². The quantitative estimate of drug-likeness (QED) is 0.707. The van der Waals surface area contributed by atoms with Crippen LogP contribution in [-0.4, -0.2) is 16.4 Å². The fourth-order valence-electron chi connectivity index (χ4n) is 2.76. The van der Waals surface area contributed by atoms with Crippen LogP contribution in [0, 0.1) is 13.8 Å². The maximum atomic E-state index is 10.6. The van der Waals surface area contributed by atoms with E-state index < -0.39 is 0 Å². The Kier molecular flexibility index (Phi) is 5.33. The van der Waals surface area contributed by atoms with Crippen molar-refractivity contribution in [3.8, 4) is 11.5 Å². The maximum absolute atomic E-state index is 10.6. The summed E-state index contributed by atoms with van der Waals surface area (Å²) < 4.78 is 0. The van der Waals surface area contributed by atoms with E-state index in [1.165, 1.54) is 0 Å². The molecule has 0 atom stereocenters. The number of hydrogen-bond acceptors (Lipinski definition) is 3. The summed E-state index contributed by atoms with van der Waals surface area (Å²) in [5, 5.41) is 20.5. The Labute approximate surface area is 144 Å². The highest BCUT2D eigenvalue weighted by molar-refractivity contribution is 5.88. The van der Waals surface area contributed by atoms with Crippen LogP contribution in [0.2, 0.25) is 0 Å². The van der Waals surface area contributed by atoms with Crippen LogP contribution in [0.3, 0.4) is 0 Å². The van der Waals surface area contributed by atoms with Gasteiger partial charge in [-0.05, 0) is 60.1 Å². The number of nitrogens with zero attached hydrogens (tertiary/aromatic N) is 1. The number of phenolic OH excluding ortho intramolecular Hbond substituents is 2. The molecular formula is C21H27NO2. The van der Waals surface area contributed by atoms with E-state index in [9.17, 15) is 10.2 Å². The van der Waals surface area contributed by atoms with Crippen LogP contribution in [0.25, 0.3) is 0 Å². The molecule has 0 bridgehead atoms. The Hall–Kier alpha value is -2.29. The van der Waals surface area contributed by atoms with Crippen LogP contribution in [-0.2, 0) is 0 Å². The molecule has 0 radical (unpaired) electrons. The molecule has 0 unspecified atom stereocenters. The Morgan fingerprint density at radius 3 is 2.08 bits per heavy atom. The molecule has 0 aliphatic carbocycles. The predicted octanol–water partition coefficient (Wildman–Crippen LogP) is 5.71. The monoisotopic (exact) mass is 325 g/mol. The van der Waals surface area contributed by atoms with Crippen molar-refractivity contribution in [1.82, 2.24) is 0 Å². The van der Waals surface area contributed by atoms with Crippen LogP contribution in [0.1, 0.15) is 67.3 Å². The lowest BCUT2D eigenvalue weighted by Crippen LogP contribution is -1.96. The van der Waals surface area contributed by atoms with Gasteiger partial charge in [-0.2, -0.15) is 0 Å². The molecule has 3 heteroatoms. The van der Waals surface area contributed by atoms with Gasteiger partial charge < -0.3 is 10.2 Å². The van der Waals surface area contributed by atoms with Crippen molar-refractivity contribution in [2.45, 2.75) is 53.4 Å². The molecule has 128 valence electrons. The van der Waals surface area contributed by atoms with E-state index in [1.54, 1.807) is 12.3 Å². The highest BCUT2D eigenvalue weighted by atomic mass is 16.3. The highest BCUT2D eigenvalue weighted by Crippen LogP contribution is 2.34. The molecule has 2 aromatic carbocycles. The van der Waals surface area contributed by atoms with Gasteiger partial charge in [0, 0.05) is 11.8 Å². The summed E-state index contributed by atoms with van der Waals surface area (Å²) in [7, 11) is 0. The Morgan fingerprint density at radius 1 is 0.875 bits per heavy atom. The second-order valence-corrected chi connectivity index (χ2v) is 7.00. The first-order chi connectivity index (χ1) is 11.2. The standard InChI is InChI=1S/C21H27NO2/c1-12(2)16-8-7-14(5)18(21(16)24)11-22-19-9-15(6)20(23)10-17(19)13(3)4/h7-13,23-24H,1-6H3. The van der Waals surface area contributed by atoms with E-state index in [0.29, 0.717) is 11.5 Å². The normalized spacial score (nSPS) is 11.8. The molecule has 0 spiro atoms. The van der Waals surface area contributed by atoms with Crippen molar-refractivity contribution < 1.29 is 10.2 Å². The molecule has 0 aliphatic heterocycles. The van der Waals surface area contributed by atoms with Crippen LogP contribution in [0.15, 0.2) is 29.3 Å². The molecule has 2 rings (SSSR count). The van der Waals surface area contributed by atoms with E-state index in [1.807, 2.05) is 32.0 Å². The van der Waals surface area contributed by atoms with E-state index >= 15 is 0 Å². The lowest BCUT2D eigenvalue weighted by molar-refractivity contribution is 0.463. The van der Waals surface area contributed by atoms with E-state index in [-0.39, 0.29) is 11.8 Å². The molecule has 2 N–H and O–H groups in total. The predicted molar refractivity (Wildman–Crippen MR) is 101 cm³/mol. The van der Waals surface area contributed by atoms with Crippen molar-refractivity contribution in [1.29, 1.82) is 0 Å². The van der Waals surface area contributed by atoms with Crippen LogP contribution < -0.4 is 0 Å². The van der Waals surface area contributed by atoms with Crippen molar-refractivity contribution in [2.24, 2.45) is 4.99 Å². The molecule has 0 aromatic heterocycles. The summed E-state index contributed by atoms with van der Waals surface area (Å²) in [5.74, 6) is 1.09. The highest BCUT2D eigenvalue weighted by Gasteiger charge is 2.13. The van der Waals surface area contributed by atoms with Gasteiger partial charge in [0.1, 0.15) is 11.5 Å². The van der Waals surface area contributed by atoms with Gasteiger partial charge in [-0.3, -0.25) is 4.99 Å². The molecule has 0 aliphatic rings. The van der Waals surface area contributed by atoms with Gasteiger partial charge in [0.2, 0.25) is 0 Å². The zero-order chi connectivity index (χ0) is 18.0. The SMILES string of the molecule is Cc1cc(N=Cc2c(C)ccc(C(C)C)c2O)c(C(C)C)cc1O. The van der Waals surface area contributed by atoms with Crippen LogP contribution in [0.4, 0.5) is 5.69 Å². The third kappa shape index (κ3) is 3.61. The second kappa shape index (κ2) is 7.08. The number of phenols is 2. The zero-order valence-corrected chi connectivity index (χ0v) is 15.4.